The summed E-state index contributed by atoms with van der Waals surface area (Å²) in [6.07, 6.45) is 0. The zero-order valence-corrected chi connectivity index (χ0v) is 9.33. The van der Waals surface area contributed by atoms with Crippen LogP contribution in [0.2, 0.25) is 0 Å². The Morgan fingerprint density at radius 1 is 1.00 bits per heavy atom. The summed E-state index contributed by atoms with van der Waals surface area (Å²) in [6, 6.07) is 0. The minimum Gasteiger partial charge on any atom is -0.323 e. The zero-order valence-electron chi connectivity index (χ0n) is 6.21. The molecule has 0 nitrogen and oxygen atoms in total. The van der Waals surface area contributed by atoms with Crippen molar-refractivity contribution in [1.29, 1.82) is 0 Å². The van der Waals surface area contributed by atoms with Crippen molar-refractivity contribution in [1.82, 2.24) is 0 Å². The third-order valence-corrected chi connectivity index (χ3v) is 0. The van der Waals surface area contributed by atoms with E-state index >= 15 is 0 Å². The molecule has 0 unspecified atom stereocenters. The van der Waals surface area contributed by atoms with E-state index < -0.39 is 7.54 Å². The second-order valence-electron chi connectivity index (χ2n) is 1.75. The Morgan fingerprint density at radius 3 is 1.00 bits per heavy atom. The Balaban J connectivity index is -0.0000000720. The standard InChI is InChI=1S/C4H9.BF3.K/c1-4(2)3;2-1(3)4;/h1-3H3;;/q-1;;+1. The molecule has 0 aromatic rings. The average molecular weight is 164 g/mol. The molecule has 9 heavy (non-hydrogen) atoms. The van der Waals surface area contributed by atoms with Gasteiger partial charge in [0.25, 0.3) is 0 Å². The van der Waals surface area contributed by atoms with Gasteiger partial charge in [-0.05, 0) is 0 Å². The van der Waals surface area contributed by atoms with Gasteiger partial charge in [0.2, 0.25) is 0 Å². The molecular formula is C4H9BF3K. The molecule has 0 N–H and O–H groups in total. The van der Waals surface area contributed by atoms with Crippen LogP contribution in [0.1, 0.15) is 20.8 Å². The predicted molar refractivity (Wildman–Crippen MR) is 29.3 cm³/mol. The first-order chi connectivity index (χ1) is 3.46. The summed E-state index contributed by atoms with van der Waals surface area (Å²) in [5.74, 6) is 1.42. The van der Waals surface area contributed by atoms with E-state index in [1.807, 2.05) is 0 Å². The van der Waals surface area contributed by atoms with Crippen molar-refractivity contribution in [2.45, 2.75) is 20.8 Å². The van der Waals surface area contributed by atoms with Gasteiger partial charge in [-0.1, -0.05) is 0 Å². The third kappa shape index (κ3) is 240. The molecule has 0 aliphatic carbocycles. The van der Waals surface area contributed by atoms with E-state index in [4.69, 9.17) is 0 Å². The molecule has 0 aromatic carbocycles. The van der Waals surface area contributed by atoms with Gasteiger partial charge in [-0.3, -0.25) is 12.9 Å². The fraction of sp³-hybridized carbons (Fsp3) is 0.750. The van der Waals surface area contributed by atoms with E-state index in [0.717, 1.165) is 0 Å². The maximum Gasteiger partial charge on any atom is 1.00 e. The molecule has 0 fully saturated rings. The van der Waals surface area contributed by atoms with Gasteiger partial charge in [-0.25, -0.2) is 0 Å². The minimum atomic E-state index is -3.67. The Labute approximate surface area is 97.2 Å². The Bertz CT molecular complexity index is 31.3. The molecule has 0 heterocycles. The summed E-state index contributed by atoms with van der Waals surface area (Å²) in [5.41, 5.74) is 0. The second-order valence-corrected chi connectivity index (χ2v) is 1.75. The van der Waals surface area contributed by atoms with Gasteiger partial charge in [0.1, 0.15) is 0 Å². The number of rotatable bonds is 0. The fourth-order valence-corrected chi connectivity index (χ4v) is 0. The van der Waals surface area contributed by atoms with Gasteiger partial charge >= 0.3 is 58.9 Å². The summed E-state index contributed by atoms with van der Waals surface area (Å²) in [5, 5.41) is 0. The smallest absolute Gasteiger partial charge is 0.323 e. The first-order valence-electron chi connectivity index (χ1n) is 2.15. The van der Waals surface area contributed by atoms with Gasteiger partial charge in [0.05, 0.1) is 0 Å². The quantitative estimate of drug-likeness (QED) is 0.334. The predicted octanol–water partition coefficient (Wildman–Crippen LogP) is -0.496. The maximum atomic E-state index is 9.67. The summed E-state index contributed by atoms with van der Waals surface area (Å²) < 4.78 is 29.0. The summed E-state index contributed by atoms with van der Waals surface area (Å²) in [6.45, 7) is 6.25. The van der Waals surface area contributed by atoms with Crippen LogP contribution < -0.4 is 51.4 Å². The van der Waals surface area contributed by atoms with Crippen molar-refractivity contribution < 1.29 is 64.3 Å². The molecule has 0 spiro atoms. The first kappa shape index (κ1) is 16.8. The van der Waals surface area contributed by atoms with E-state index in [1.54, 1.807) is 0 Å². The van der Waals surface area contributed by atoms with Crippen molar-refractivity contribution in [2.24, 2.45) is 0 Å². The summed E-state index contributed by atoms with van der Waals surface area (Å²) >= 11 is 0. The molecule has 0 atom stereocenters. The van der Waals surface area contributed by atoms with E-state index in [-0.39, 0.29) is 51.4 Å². The summed E-state index contributed by atoms with van der Waals surface area (Å²) in [7, 11) is -3.67. The number of hydrogen-bond donors (Lipinski definition) is 0. The molecule has 0 bridgehead atoms. The van der Waals surface area contributed by atoms with E-state index in [0.29, 0.717) is 0 Å². The van der Waals surface area contributed by atoms with Crippen molar-refractivity contribution in [2.75, 3.05) is 0 Å². The maximum absolute atomic E-state index is 9.67. The van der Waals surface area contributed by atoms with Gasteiger partial charge < -0.3 is 5.92 Å². The Morgan fingerprint density at radius 2 is 1.00 bits per heavy atom. The summed E-state index contributed by atoms with van der Waals surface area (Å²) in [4.78, 5) is 0. The van der Waals surface area contributed by atoms with Crippen LogP contribution in [0.3, 0.4) is 0 Å². The molecule has 0 aliphatic rings. The molecule has 0 rings (SSSR count). The topological polar surface area (TPSA) is 0 Å². The van der Waals surface area contributed by atoms with Crippen LogP contribution in [0.5, 0.6) is 0 Å². The van der Waals surface area contributed by atoms with Crippen LogP contribution >= 0.6 is 0 Å². The Kier molecular flexibility index (Phi) is 22.8. The zero-order chi connectivity index (χ0) is 7.15. The first-order valence-corrected chi connectivity index (χ1v) is 2.15. The Hall–Kier alpha value is 1.49. The molecule has 0 aromatic heterocycles. The SMILES string of the molecule is C[C-](C)C.FB(F)F.[K+]. The van der Waals surface area contributed by atoms with Crippen LogP contribution in [0, 0.1) is 5.92 Å². The van der Waals surface area contributed by atoms with Gasteiger partial charge in [0.15, 0.2) is 0 Å². The molecule has 0 aliphatic heterocycles. The van der Waals surface area contributed by atoms with Crippen molar-refractivity contribution in [3.8, 4) is 0 Å². The van der Waals surface area contributed by atoms with Gasteiger partial charge in [-0.15, -0.1) is 0 Å². The molecule has 0 saturated heterocycles. The third-order valence-electron chi connectivity index (χ3n) is 0. The largest absolute Gasteiger partial charge is 1.00 e. The van der Waals surface area contributed by atoms with Gasteiger partial charge in [-0.2, -0.15) is 20.8 Å². The minimum absolute atomic E-state index is 0. The molecule has 0 radical (unpaired) electrons. The van der Waals surface area contributed by atoms with Gasteiger partial charge in [0, 0.05) is 0 Å². The molecule has 0 saturated carbocycles. The van der Waals surface area contributed by atoms with Crippen LogP contribution in [0.4, 0.5) is 12.9 Å². The molecule has 5 heteroatoms. The van der Waals surface area contributed by atoms with E-state index in [1.165, 1.54) is 5.92 Å². The van der Waals surface area contributed by atoms with Crippen molar-refractivity contribution in [3.05, 3.63) is 5.92 Å². The monoisotopic (exact) mass is 164 g/mol. The number of hydrogen-bond acceptors (Lipinski definition) is 0. The van der Waals surface area contributed by atoms with Crippen molar-refractivity contribution in [3.63, 3.8) is 0 Å². The number of halogens is 3. The normalized spacial score (nSPS) is 7.00. The molecular weight excluding hydrogens is 155 g/mol. The molecule has 50 valence electrons. The van der Waals surface area contributed by atoms with E-state index in [9.17, 15) is 12.9 Å². The van der Waals surface area contributed by atoms with Crippen LogP contribution in [0.15, 0.2) is 0 Å². The van der Waals surface area contributed by atoms with Crippen LogP contribution in [0.25, 0.3) is 0 Å². The molecule has 0 amide bonds. The van der Waals surface area contributed by atoms with Crippen molar-refractivity contribution >= 4 is 7.54 Å². The second kappa shape index (κ2) is 12.2. The fourth-order valence-electron chi connectivity index (χ4n) is 0. The average Bonchev–Trinajstić information content (AvgIpc) is 1.25. The van der Waals surface area contributed by atoms with Crippen LogP contribution in [-0.2, 0) is 0 Å². The van der Waals surface area contributed by atoms with Crippen LogP contribution in [-0.4, -0.2) is 7.54 Å². The van der Waals surface area contributed by atoms with E-state index in [2.05, 4.69) is 20.8 Å².